The van der Waals surface area contributed by atoms with E-state index in [4.69, 9.17) is 9.47 Å². The fourth-order valence-electron chi connectivity index (χ4n) is 5.16. The van der Waals surface area contributed by atoms with Crippen molar-refractivity contribution in [3.63, 3.8) is 0 Å². The van der Waals surface area contributed by atoms with Crippen molar-refractivity contribution in [2.75, 3.05) is 20.7 Å². The van der Waals surface area contributed by atoms with E-state index in [0.29, 0.717) is 19.4 Å². The number of hydrogen-bond donors (Lipinski definition) is 2. The van der Waals surface area contributed by atoms with Crippen molar-refractivity contribution >= 4 is 11.8 Å². The minimum Gasteiger partial charge on any atom is -0.459 e. The van der Waals surface area contributed by atoms with E-state index < -0.39 is 46.8 Å². The lowest BCUT2D eigenvalue weighted by molar-refractivity contribution is -0.221. The molecular weight excluding hydrogens is 410 g/mol. The van der Waals surface area contributed by atoms with E-state index in [0.717, 1.165) is 0 Å². The predicted octanol–water partition coefficient (Wildman–Crippen LogP) is 3.05. The average molecular weight is 458 g/mol. The molecule has 0 aliphatic carbocycles. The van der Waals surface area contributed by atoms with Gasteiger partial charge < -0.3 is 24.6 Å². The van der Waals surface area contributed by atoms with Crippen molar-refractivity contribution in [1.29, 1.82) is 0 Å². The summed E-state index contributed by atoms with van der Waals surface area (Å²) in [6, 6.07) is -0.429. The topological polar surface area (TPSA) is 96.3 Å². The SMILES string of the molecule is CC[C@H]1OC(=O)[C@H](C)C(=O)[C@H](C)[C@@H](C)[C@](C)(OC)C[C@@H](C)CN(C)[C@H](C)C(C)(O)[C@]1(C)O. The summed E-state index contributed by atoms with van der Waals surface area (Å²) in [6.45, 7) is 16.9. The molecule has 0 bridgehead atoms. The van der Waals surface area contributed by atoms with Crippen LogP contribution >= 0.6 is 0 Å². The molecule has 1 aliphatic heterocycles. The number of carbonyl (C=O) groups is 2. The first kappa shape index (κ1) is 29.0. The molecule has 0 amide bonds. The van der Waals surface area contributed by atoms with Gasteiger partial charge in [-0.1, -0.05) is 27.7 Å². The minimum atomic E-state index is -1.72. The molecule has 0 saturated carbocycles. The van der Waals surface area contributed by atoms with Gasteiger partial charge in [0.15, 0.2) is 0 Å². The summed E-state index contributed by atoms with van der Waals surface area (Å²) < 4.78 is 11.6. The lowest BCUT2D eigenvalue weighted by Gasteiger charge is -2.49. The molecule has 0 radical (unpaired) electrons. The van der Waals surface area contributed by atoms with E-state index >= 15 is 0 Å². The Morgan fingerprint density at radius 2 is 1.59 bits per heavy atom. The van der Waals surface area contributed by atoms with Crippen LogP contribution < -0.4 is 0 Å². The van der Waals surface area contributed by atoms with Gasteiger partial charge in [-0.15, -0.1) is 0 Å². The highest BCUT2D eigenvalue weighted by atomic mass is 16.6. The third-order valence-electron chi connectivity index (χ3n) is 8.52. The van der Waals surface area contributed by atoms with Crippen molar-refractivity contribution in [1.82, 2.24) is 4.90 Å². The Hall–Kier alpha value is -1.02. The second-order valence-electron chi connectivity index (χ2n) is 10.8. The van der Waals surface area contributed by atoms with Crippen molar-refractivity contribution in [2.24, 2.45) is 23.7 Å². The standard InChI is InChI=1S/C25H47NO6/c1-12-20-25(9,30)24(8,29)19(6)26(10)14-15(2)13-23(7,31-11)18(5)16(3)21(27)17(4)22(28)32-20/h15-20,29-30H,12-14H2,1-11H3/t15-,16-,17-,18-,19-,20-,23-,24?,25-/m1/s1. The fraction of sp³-hybridized carbons (Fsp3) is 0.920. The Kier molecular flexibility index (Phi) is 9.52. The number of ether oxygens (including phenoxy) is 2. The molecule has 9 atom stereocenters. The molecule has 1 saturated heterocycles. The Morgan fingerprint density at radius 3 is 2.06 bits per heavy atom. The Morgan fingerprint density at radius 1 is 1.06 bits per heavy atom. The van der Waals surface area contributed by atoms with Crippen molar-refractivity contribution in [3.8, 4) is 0 Å². The summed E-state index contributed by atoms with van der Waals surface area (Å²) in [6.07, 6.45) is 0.0422. The number of carbonyl (C=O) groups excluding carboxylic acids is 2. The highest BCUT2D eigenvalue weighted by Crippen LogP contribution is 2.38. The second-order valence-corrected chi connectivity index (χ2v) is 10.8. The van der Waals surface area contributed by atoms with Gasteiger partial charge in [0.2, 0.25) is 0 Å². The zero-order valence-electron chi connectivity index (χ0n) is 22.1. The van der Waals surface area contributed by atoms with E-state index in [9.17, 15) is 19.8 Å². The van der Waals surface area contributed by atoms with Crippen molar-refractivity contribution in [2.45, 2.75) is 104 Å². The van der Waals surface area contributed by atoms with Gasteiger partial charge in [0.25, 0.3) is 0 Å². The monoisotopic (exact) mass is 457 g/mol. The molecule has 2 N–H and O–H groups in total. The molecule has 32 heavy (non-hydrogen) atoms. The molecule has 1 heterocycles. The van der Waals surface area contributed by atoms with Gasteiger partial charge in [0.05, 0.1) is 5.60 Å². The maximum atomic E-state index is 13.2. The van der Waals surface area contributed by atoms with Crippen molar-refractivity contribution < 1.29 is 29.3 Å². The number of aliphatic hydroxyl groups is 2. The smallest absolute Gasteiger partial charge is 0.316 e. The Labute approximate surface area is 194 Å². The first-order valence-corrected chi connectivity index (χ1v) is 11.9. The molecule has 1 rings (SSSR count). The van der Waals surface area contributed by atoms with E-state index in [2.05, 4.69) is 6.92 Å². The van der Waals surface area contributed by atoms with Crippen LogP contribution in [0.25, 0.3) is 0 Å². The minimum absolute atomic E-state index is 0.126. The Balaban J connectivity index is 3.52. The molecule has 1 aliphatic rings. The zero-order chi connectivity index (χ0) is 25.2. The second kappa shape index (κ2) is 10.5. The third kappa shape index (κ3) is 5.54. The number of nitrogens with zero attached hydrogens (tertiary/aromatic N) is 1. The first-order chi connectivity index (χ1) is 14.5. The number of methoxy groups -OCH3 is 1. The lowest BCUT2D eigenvalue weighted by atomic mass is 9.73. The number of esters is 1. The average Bonchev–Trinajstić information content (AvgIpc) is 2.72. The molecular formula is C25H47NO6. The number of likely N-dealkylation sites (N-methyl/N-ethyl adjacent to an activating group) is 1. The van der Waals surface area contributed by atoms with E-state index in [1.807, 2.05) is 39.6 Å². The first-order valence-electron chi connectivity index (χ1n) is 11.9. The summed E-state index contributed by atoms with van der Waals surface area (Å²) in [4.78, 5) is 28.2. The van der Waals surface area contributed by atoms with E-state index in [1.54, 1.807) is 27.9 Å². The number of cyclic esters (lactones) is 1. The van der Waals surface area contributed by atoms with Gasteiger partial charge in [-0.2, -0.15) is 0 Å². The van der Waals surface area contributed by atoms with Gasteiger partial charge in [0, 0.05) is 25.6 Å². The van der Waals surface area contributed by atoms with Crippen LogP contribution in [0.2, 0.25) is 0 Å². The zero-order valence-corrected chi connectivity index (χ0v) is 22.1. The molecule has 0 aromatic rings. The maximum absolute atomic E-state index is 13.2. The number of Topliss-reactive ketones (excluding diaryl/α,β-unsaturated/α-hetero) is 1. The summed E-state index contributed by atoms with van der Waals surface area (Å²) in [5.41, 5.74) is -3.87. The number of ketones is 1. The van der Waals surface area contributed by atoms with Crippen LogP contribution in [0.5, 0.6) is 0 Å². The molecule has 0 aromatic heterocycles. The molecule has 7 heteroatoms. The number of rotatable bonds is 2. The van der Waals surface area contributed by atoms with Crippen LogP contribution in [-0.2, 0) is 19.1 Å². The van der Waals surface area contributed by atoms with Gasteiger partial charge >= 0.3 is 5.97 Å². The summed E-state index contributed by atoms with van der Waals surface area (Å²) in [5.74, 6) is -2.22. The van der Waals surface area contributed by atoms with Crippen LogP contribution in [0, 0.1) is 23.7 Å². The molecule has 188 valence electrons. The van der Waals surface area contributed by atoms with Gasteiger partial charge in [0.1, 0.15) is 29.0 Å². The predicted molar refractivity (Wildman–Crippen MR) is 125 cm³/mol. The van der Waals surface area contributed by atoms with E-state index in [1.165, 1.54) is 6.92 Å². The number of hydrogen-bond acceptors (Lipinski definition) is 7. The van der Waals surface area contributed by atoms with E-state index in [-0.39, 0.29) is 17.6 Å². The highest BCUT2D eigenvalue weighted by molar-refractivity contribution is 5.99. The van der Waals surface area contributed by atoms with Crippen LogP contribution in [0.15, 0.2) is 0 Å². The third-order valence-corrected chi connectivity index (χ3v) is 8.52. The van der Waals surface area contributed by atoms with Gasteiger partial charge in [-0.25, -0.2) is 0 Å². The van der Waals surface area contributed by atoms with Gasteiger partial charge in [-0.05, 0) is 66.3 Å². The van der Waals surface area contributed by atoms with Crippen LogP contribution in [0.3, 0.4) is 0 Å². The maximum Gasteiger partial charge on any atom is 0.316 e. The summed E-state index contributed by atoms with van der Waals surface area (Å²) >= 11 is 0. The van der Waals surface area contributed by atoms with Crippen molar-refractivity contribution in [3.05, 3.63) is 0 Å². The quantitative estimate of drug-likeness (QED) is 0.486. The molecule has 0 spiro atoms. The molecule has 7 nitrogen and oxygen atoms in total. The summed E-state index contributed by atoms with van der Waals surface area (Å²) in [5, 5.41) is 22.9. The molecule has 0 aromatic carbocycles. The van der Waals surface area contributed by atoms with Crippen LogP contribution in [0.1, 0.15) is 75.2 Å². The lowest BCUT2D eigenvalue weighted by Crippen LogP contribution is -2.66. The largest absolute Gasteiger partial charge is 0.459 e. The highest BCUT2D eigenvalue weighted by Gasteiger charge is 2.53. The molecule has 1 unspecified atom stereocenters. The van der Waals surface area contributed by atoms with Gasteiger partial charge in [-0.3, -0.25) is 9.59 Å². The molecule has 1 fully saturated rings. The van der Waals surface area contributed by atoms with Crippen LogP contribution in [0.4, 0.5) is 0 Å². The normalized spacial score (nSPS) is 46.3. The fourth-order valence-corrected chi connectivity index (χ4v) is 5.16. The van der Waals surface area contributed by atoms with Crippen LogP contribution in [-0.4, -0.2) is 76.5 Å². The summed E-state index contributed by atoms with van der Waals surface area (Å²) in [7, 11) is 3.57. The Bertz CT molecular complexity index is 663.